The highest BCUT2D eigenvalue weighted by atomic mass is 32.2. The molecule has 0 saturated carbocycles. The maximum absolute atomic E-state index is 11.3. The summed E-state index contributed by atoms with van der Waals surface area (Å²) in [4.78, 5) is 0. The predicted molar refractivity (Wildman–Crippen MR) is 78.9 cm³/mol. The summed E-state index contributed by atoms with van der Waals surface area (Å²) in [5, 5.41) is 4.09. The molecule has 19 heavy (non-hydrogen) atoms. The fourth-order valence-electron chi connectivity index (χ4n) is 1.52. The highest BCUT2D eigenvalue weighted by molar-refractivity contribution is 7.95. The minimum atomic E-state index is -3.45. The zero-order chi connectivity index (χ0) is 13.7. The Bertz CT molecular complexity index is 650. The van der Waals surface area contributed by atoms with Gasteiger partial charge in [-0.1, -0.05) is 24.8 Å². The van der Waals surface area contributed by atoms with Crippen LogP contribution in [-0.2, 0) is 10.0 Å². The van der Waals surface area contributed by atoms with Gasteiger partial charge in [-0.3, -0.25) is 4.72 Å². The maximum Gasteiger partial charge on any atom is 0.254 e. The minimum Gasteiger partial charge on any atom is -0.356 e. The highest BCUT2D eigenvalue weighted by Gasteiger charge is 2.03. The second-order valence-electron chi connectivity index (χ2n) is 3.88. The van der Waals surface area contributed by atoms with Crippen molar-refractivity contribution in [2.24, 2.45) is 0 Å². The molecule has 0 amide bonds. The SMILES string of the molecule is C=CS(=O)(=O)Nc1ccc(Nc2ccccc2)cc1. The lowest BCUT2D eigenvalue weighted by molar-refractivity contribution is 0.609. The minimum absolute atomic E-state index is 0.499. The van der Waals surface area contributed by atoms with Crippen LogP contribution < -0.4 is 10.0 Å². The summed E-state index contributed by atoms with van der Waals surface area (Å²) in [6, 6.07) is 16.7. The molecular formula is C14H14N2O2S. The Balaban J connectivity index is 2.09. The summed E-state index contributed by atoms with van der Waals surface area (Å²) in [6.07, 6.45) is 0. The number of rotatable bonds is 5. The van der Waals surface area contributed by atoms with Gasteiger partial charge in [0.25, 0.3) is 10.0 Å². The van der Waals surface area contributed by atoms with Gasteiger partial charge in [-0.25, -0.2) is 8.42 Å². The van der Waals surface area contributed by atoms with Crippen LogP contribution in [0.2, 0.25) is 0 Å². The van der Waals surface area contributed by atoms with E-state index in [-0.39, 0.29) is 0 Å². The van der Waals surface area contributed by atoms with Crippen molar-refractivity contribution >= 4 is 27.1 Å². The molecule has 0 saturated heterocycles. The summed E-state index contributed by atoms with van der Waals surface area (Å²) < 4.78 is 25.0. The van der Waals surface area contributed by atoms with Crippen LogP contribution in [0.5, 0.6) is 0 Å². The van der Waals surface area contributed by atoms with Gasteiger partial charge in [-0.15, -0.1) is 0 Å². The van der Waals surface area contributed by atoms with Crippen LogP contribution in [0.3, 0.4) is 0 Å². The number of hydrogen-bond donors (Lipinski definition) is 2. The standard InChI is InChI=1S/C14H14N2O2S/c1-2-19(17,18)16-14-10-8-13(9-11-14)15-12-6-4-3-5-7-12/h2-11,15-16H,1H2. The van der Waals surface area contributed by atoms with Gasteiger partial charge in [-0.05, 0) is 36.4 Å². The van der Waals surface area contributed by atoms with E-state index in [1.165, 1.54) is 0 Å². The van der Waals surface area contributed by atoms with Gasteiger partial charge < -0.3 is 5.32 Å². The van der Waals surface area contributed by atoms with E-state index in [9.17, 15) is 8.42 Å². The van der Waals surface area contributed by atoms with Crippen molar-refractivity contribution in [2.75, 3.05) is 10.0 Å². The molecule has 5 heteroatoms. The normalized spacial score (nSPS) is 10.7. The van der Waals surface area contributed by atoms with E-state index in [2.05, 4.69) is 16.6 Å². The summed E-state index contributed by atoms with van der Waals surface area (Å²) in [7, 11) is -3.45. The van der Waals surface area contributed by atoms with Crippen LogP contribution in [0.25, 0.3) is 0 Å². The first-order valence-corrected chi connectivity index (χ1v) is 7.21. The first-order chi connectivity index (χ1) is 9.09. The number of benzene rings is 2. The van der Waals surface area contributed by atoms with Crippen LogP contribution in [0.4, 0.5) is 17.1 Å². The largest absolute Gasteiger partial charge is 0.356 e. The molecule has 0 aliphatic heterocycles. The summed E-state index contributed by atoms with van der Waals surface area (Å²) >= 11 is 0. The Labute approximate surface area is 112 Å². The Morgan fingerprint density at radius 3 is 1.95 bits per heavy atom. The molecule has 2 aromatic rings. The third kappa shape index (κ3) is 3.86. The lowest BCUT2D eigenvalue weighted by atomic mass is 10.2. The number of sulfonamides is 1. The van der Waals surface area contributed by atoms with Crippen molar-refractivity contribution in [3.05, 3.63) is 66.6 Å². The molecule has 0 aliphatic rings. The summed E-state index contributed by atoms with van der Waals surface area (Å²) in [5.74, 6) is 0. The molecule has 0 heterocycles. The van der Waals surface area contributed by atoms with E-state index in [0.29, 0.717) is 5.69 Å². The van der Waals surface area contributed by atoms with Crippen molar-refractivity contribution < 1.29 is 8.42 Å². The van der Waals surface area contributed by atoms with Gasteiger partial charge in [0.2, 0.25) is 0 Å². The highest BCUT2D eigenvalue weighted by Crippen LogP contribution is 2.19. The van der Waals surface area contributed by atoms with Crippen molar-refractivity contribution in [1.82, 2.24) is 0 Å². The number of nitrogens with one attached hydrogen (secondary N) is 2. The number of para-hydroxylation sites is 1. The van der Waals surface area contributed by atoms with Gasteiger partial charge in [0.15, 0.2) is 0 Å². The molecule has 98 valence electrons. The topological polar surface area (TPSA) is 58.2 Å². The first-order valence-electron chi connectivity index (χ1n) is 5.66. The molecule has 0 aliphatic carbocycles. The lowest BCUT2D eigenvalue weighted by Crippen LogP contribution is -2.08. The zero-order valence-electron chi connectivity index (χ0n) is 10.2. The van der Waals surface area contributed by atoms with Crippen molar-refractivity contribution in [2.45, 2.75) is 0 Å². The van der Waals surface area contributed by atoms with Crippen molar-refractivity contribution in [3.63, 3.8) is 0 Å². The summed E-state index contributed by atoms with van der Waals surface area (Å²) in [6.45, 7) is 3.24. The quantitative estimate of drug-likeness (QED) is 0.879. The third-order valence-electron chi connectivity index (χ3n) is 2.43. The van der Waals surface area contributed by atoms with Gasteiger partial charge in [-0.2, -0.15) is 0 Å². The van der Waals surface area contributed by atoms with Crippen molar-refractivity contribution in [1.29, 1.82) is 0 Å². The van der Waals surface area contributed by atoms with Crippen LogP contribution in [0.1, 0.15) is 0 Å². The van der Waals surface area contributed by atoms with E-state index in [4.69, 9.17) is 0 Å². The number of anilines is 3. The smallest absolute Gasteiger partial charge is 0.254 e. The van der Waals surface area contributed by atoms with Crippen LogP contribution >= 0.6 is 0 Å². The van der Waals surface area contributed by atoms with Crippen LogP contribution in [0, 0.1) is 0 Å². The van der Waals surface area contributed by atoms with Crippen molar-refractivity contribution in [3.8, 4) is 0 Å². The molecule has 2 rings (SSSR count). The van der Waals surface area contributed by atoms with Gasteiger partial charge >= 0.3 is 0 Å². The van der Waals surface area contributed by atoms with Crippen LogP contribution in [-0.4, -0.2) is 8.42 Å². The predicted octanol–water partition coefficient (Wildman–Crippen LogP) is 3.32. The average Bonchev–Trinajstić information content (AvgIpc) is 2.42. The zero-order valence-corrected chi connectivity index (χ0v) is 11.0. The molecule has 0 radical (unpaired) electrons. The molecule has 0 bridgehead atoms. The molecule has 0 unspecified atom stereocenters. The molecule has 4 nitrogen and oxygen atoms in total. The molecular weight excluding hydrogens is 260 g/mol. The molecule has 2 aromatic carbocycles. The Kier molecular flexibility index (Phi) is 3.87. The van der Waals surface area contributed by atoms with Gasteiger partial charge in [0, 0.05) is 22.5 Å². The molecule has 0 fully saturated rings. The molecule has 0 spiro atoms. The van der Waals surface area contributed by atoms with E-state index in [1.807, 2.05) is 30.3 Å². The lowest BCUT2D eigenvalue weighted by Gasteiger charge is -2.08. The second-order valence-corrected chi connectivity index (χ2v) is 5.51. The molecule has 0 atom stereocenters. The van der Waals surface area contributed by atoms with Gasteiger partial charge in [0.05, 0.1) is 0 Å². The van der Waals surface area contributed by atoms with E-state index in [1.54, 1.807) is 24.3 Å². The average molecular weight is 274 g/mol. The third-order valence-corrected chi connectivity index (χ3v) is 3.39. The Morgan fingerprint density at radius 1 is 0.842 bits per heavy atom. The Hall–Kier alpha value is -2.27. The van der Waals surface area contributed by atoms with E-state index in [0.717, 1.165) is 16.8 Å². The van der Waals surface area contributed by atoms with E-state index >= 15 is 0 Å². The number of hydrogen-bond acceptors (Lipinski definition) is 3. The summed E-state index contributed by atoms with van der Waals surface area (Å²) in [5.41, 5.74) is 2.35. The fraction of sp³-hybridized carbons (Fsp3) is 0. The molecule has 2 N–H and O–H groups in total. The van der Waals surface area contributed by atoms with E-state index < -0.39 is 10.0 Å². The Morgan fingerprint density at radius 2 is 1.37 bits per heavy atom. The monoisotopic (exact) mass is 274 g/mol. The maximum atomic E-state index is 11.3. The second kappa shape index (κ2) is 5.58. The van der Waals surface area contributed by atoms with Gasteiger partial charge in [0.1, 0.15) is 0 Å². The van der Waals surface area contributed by atoms with Crippen LogP contribution in [0.15, 0.2) is 66.6 Å². The first kappa shape index (κ1) is 13.2. The fourth-order valence-corrected chi connectivity index (χ4v) is 2.06. The molecule has 0 aromatic heterocycles.